The number of carbonyl (C=O) groups excluding carboxylic acids is 2. The highest BCUT2D eigenvalue weighted by atomic mass is 79.9. The number of nitrogens with one attached hydrogen (secondary N) is 1. The molecule has 1 aliphatic heterocycles. The van der Waals surface area contributed by atoms with Crippen LogP contribution >= 0.6 is 28.1 Å². The molecule has 0 unspecified atom stereocenters. The lowest BCUT2D eigenvalue weighted by atomic mass is 10.1. The second-order valence-electron chi connectivity index (χ2n) is 7.15. The number of halogens is 1. The number of amides is 2. The van der Waals surface area contributed by atoms with Crippen molar-refractivity contribution in [3.05, 3.63) is 82.6 Å². The molecular weight excluding hydrogens is 476 g/mol. The van der Waals surface area contributed by atoms with Crippen LogP contribution in [0.15, 0.2) is 76.9 Å². The topological polar surface area (TPSA) is 57.6 Å². The van der Waals surface area contributed by atoms with Gasteiger partial charge in [-0.3, -0.25) is 19.8 Å². The van der Waals surface area contributed by atoms with Gasteiger partial charge in [-0.2, -0.15) is 0 Å². The van der Waals surface area contributed by atoms with Crippen molar-refractivity contribution in [1.82, 2.24) is 9.88 Å². The number of aromatic nitrogens is 1. The van der Waals surface area contributed by atoms with E-state index >= 15 is 0 Å². The minimum atomic E-state index is -0.515. The van der Waals surface area contributed by atoms with E-state index in [-0.39, 0.29) is 10.7 Å². The van der Waals surface area contributed by atoms with Crippen LogP contribution in [0.1, 0.15) is 5.69 Å². The summed E-state index contributed by atoms with van der Waals surface area (Å²) < 4.78 is 2.80. The minimum absolute atomic E-state index is 0.0152. The third-order valence-electron chi connectivity index (χ3n) is 4.90. The molecule has 0 bridgehead atoms. The summed E-state index contributed by atoms with van der Waals surface area (Å²) in [6.07, 6.45) is 3.48. The average molecular weight is 495 g/mol. The van der Waals surface area contributed by atoms with Crippen molar-refractivity contribution in [3.63, 3.8) is 0 Å². The van der Waals surface area contributed by atoms with E-state index in [2.05, 4.69) is 21.2 Å². The Morgan fingerprint density at radius 3 is 2.26 bits per heavy atom. The second-order valence-corrected chi connectivity index (χ2v) is 8.45. The number of rotatable bonds is 4. The molecule has 2 heterocycles. The fraction of sp³-hybridized carbons (Fsp3) is 0.0870. The number of hydrogen-bond donors (Lipinski definition) is 1. The Hall–Kier alpha value is -3.23. The smallest absolute Gasteiger partial charge is 0.270 e. The van der Waals surface area contributed by atoms with E-state index in [9.17, 15) is 9.59 Å². The zero-order valence-electron chi connectivity index (χ0n) is 16.9. The highest BCUT2D eigenvalue weighted by Gasteiger charge is 2.34. The van der Waals surface area contributed by atoms with Gasteiger partial charge >= 0.3 is 0 Å². The first kappa shape index (κ1) is 21.0. The fourth-order valence-corrected chi connectivity index (χ4v) is 3.83. The molecular formula is C23H19BrN4O2S. The standard InChI is InChI=1S/C23H19BrN4O2S/c1-26(2)16-9-11-17(12-10-16)27-13-3-4-19(27)14-20-21(29)25-23(31)28(22(20)30)18-7-5-15(24)6-8-18/h3-14H,1-2H3,(H,25,29,31)/b20-14-. The van der Waals surface area contributed by atoms with Gasteiger partial charge in [0, 0.05) is 41.8 Å². The Balaban J connectivity index is 1.70. The largest absolute Gasteiger partial charge is 0.378 e. The van der Waals surface area contributed by atoms with Crippen molar-refractivity contribution >= 4 is 62.5 Å². The summed E-state index contributed by atoms with van der Waals surface area (Å²) in [6.45, 7) is 0. The first-order chi connectivity index (χ1) is 14.8. The molecule has 31 heavy (non-hydrogen) atoms. The fourth-order valence-electron chi connectivity index (χ4n) is 3.29. The number of carbonyl (C=O) groups is 2. The molecule has 1 aromatic heterocycles. The summed E-state index contributed by atoms with van der Waals surface area (Å²) in [6, 6.07) is 18.9. The van der Waals surface area contributed by atoms with Crippen molar-refractivity contribution in [2.75, 3.05) is 23.9 Å². The van der Waals surface area contributed by atoms with Crippen LogP contribution in [-0.2, 0) is 9.59 Å². The number of benzene rings is 2. The van der Waals surface area contributed by atoms with Crippen molar-refractivity contribution in [2.24, 2.45) is 0 Å². The highest BCUT2D eigenvalue weighted by molar-refractivity contribution is 9.10. The van der Waals surface area contributed by atoms with Gasteiger partial charge in [0.1, 0.15) is 5.57 Å². The van der Waals surface area contributed by atoms with E-state index in [0.717, 1.165) is 15.8 Å². The maximum atomic E-state index is 13.2. The molecule has 1 fully saturated rings. The Labute approximate surface area is 193 Å². The first-order valence-corrected chi connectivity index (χ1v) is 10.7. The molecule has 1 aliphatic rings. The van der Waals surface area contributed by atoms with Crippen molar-refractivity contribution < 1.29 is 9.59 Å². The van der Waals surface area contributed by atoms with E-state index in [0.29, 0.717) is 11.4 Å². The van der Waals surface area contributed by atoms with E-state index in [1.807, 2.05) is 78.3 Å². The lowest BCUT2D eigenvalue weighted by Gasteiger charge is -2.29. The molecule has 1 saturated heterocycles. The number of hydrogen-bond acceptors (Lipinski definition) is 4. The third-order valence-corrected chi connectivity index (χ3v) is 5.72. The van der Waals surface area contributed by atoms with E-state index < -0.39 is 11.8 Å². The van der Waals surface area contributed by atoms with Crippen LogP contribution < -0.4 is 15.1 Å². The summed E-state index contributed by atoms with van der Waals surface area (Å²) in [5, 5.41) is 2.68. The van der Waals surface area contributed by atoms with Gasteiger partial charge in [-0.1, -0.05) is 15.9 Å². The van der Waals surface area contributed by atoms with Crippen LogP contribution in [0.3, 0.4) is 0 Å². The maximum absolute atomic E-state index is 13.2. The molecule has 8 heteroatoms. The molecule has 0 radical (unpaired) electrons. The Morgan fingerprint density at radius 1 is 0.968 bits per heavy atom. The van der Waals surface area contributed by atoms with Gasteiger partial charge in [-0.25, -0.2) is 0 Å². The SMILES string of the molecule is CN(C)c1ccc(-n2cccc2/C=C2/C(=O)NC(=S)N(c3ccc(Br)cc3)C2=O)cc1. The summed E-state index contributed by atoms with van der Waals surface area (Å²) >= 11 is 8.64. The average Bonchev–Trinajstić information content (AvgIpc) is 3.20. The summed E-state index contributed by atoms with van der Waals surface area (Å²) in [7, 11) is 3.96. The normalized spacial score (nSPS) is 15.4. The van der Waals surface area contributed by atoms with Gasteiger partial charge in [0.05, 0.1) is 5.69 Å². The van der Waals surface area contributed by atoms with Gasteiger partial charge in [-0.15, -0.1) is 0 Å². The van der Waals surface area contributed by atoms with Gasteiger partial charge in [0.2, 0.25) is 0 Å². The minimum Gasteiger partial charge on any atom is -0.378 e. The molecule has 0 spiro atoms. The van der Waals surface area contributed by atoms with Crippen LogP contribution in [0.4, 0.5) is 11.4 Å². The molecule has 2 amide bonds. The predicted molar refractivity (Wildman–Crippen MR) is 130 cm³/mol. The summed E-state index contributed by atoms with van der Waals surface area (Å²) in [5.74, 6) is -0.981. The lowest BCUT2D eigenvalue weighted by Crippen LogP contribution is -2.54. The van der Waals surface area contributed by atoms with Gasteiger partial charge in [0.15, 0.2) is 5.11 Å². The van der Waals surface area contributed by atoms with E-state index in [1.54, 1.807) is 18.2 Å². The zero-order valence-corrected chi connectivity index (χ0v) is 19.3. The molecule has 0 saturated carbocycles. The molecule has 4 rings (SSSR count). The van der Waals surface area contributed by atoms with E-state index in [1.165, 1.54) is 4.90 Å². The summed E-state index contributed by atoms with van der Waals surface area (Å²) in [4.78, 5) is 29.2. The number of thiocarbonyl (C=S) groups is 1. The monoisotopic (exact) mass is 494 g/mol. The molecule has 0 atom stereocenters. The Morgan fingerprint density at radius 2 is 1.61 bits per heavy atom. The maximum Gasteiger partial charge on any atom is 0.270 e. The highest BCUT2D eigenvalue weighted by Crippen LogP contribution is 2.25. The van der Waals surface area contributed by atoms with Crippen molar-refractivity contribution in [2.45, 2.75) is 0 Å². The van der Waals surface area contributed by atoms with Crippen LogP contribution in [0.5, 0.6) is 0 Å². The number of anilines is 2. The molecule has 0 aliphatic carbocycles. The zero-order chi connectivity index (χ0) is 22.1. The molecule has 1 N–H and O–H groups in total. The van der Waals surface area contributed by atoms with Gasteiger partial charge in [-0.05, 0) is 79.0 Å². The lowest BCUT2D eigenvalue weighted by molar-refractivity contribution is -0.122. The molecule has 2 aromatic carbocycles. The van der Waals surface area contributed by atoms with Gasteiger partial charge in [0.25, 0.3) is 11.8 Å². The summed E-state index contributed by atoms with van der Waals surface area (Å²) in [5.41, 5.74) is 3.31. The molecule has 156 valence electrons. The Kier molecular flexibility index (Phi) is 5.75. The van der Waals surface area contributed by atoms with Crippen LogP contribution in [-0.4, -0.2) is 35.6 Å². The van der Waals surface area contributed by atoms with E-state index in [4.69, 9.17) is 12.2 Å². The quantitative estimate of drug-likeness (QED) is 0.336. The predicted octanol–water partition coefficient (Wildman–Crippen LogP) is 4.14. The first-order valence-electron chi connectivity index (χ1n) is 9.47. The Bertz CT molecular complexity index is 1200. The number of nitrogens with zero attached hydrogens (tertiary/aromatic N) is 3. The van der Waals surface area contributed by atoms with Crippen molar-refractivity contribution in [1.29, 1.82) is 0 Å². The third kappa shape index (κ3) is 4.17. The van der Waals surface area contributed by atoms with Gasteiger partial charge < -0.3 is 9.47 Å². The second kappa shape index (κ2) is 8.49. The molecule has 3 aromatic rings. The van der Waals surface area contributed by atoms with Crippen LogP contribution in [0.25, 0.3) is 11.8 Å². The van der Waals surface area contributed by atoms with Crippen LogP contribution in [0.2, 0.25) is 0 Å². The van der Waals surface area contributed by atoms with Crippen molar-refractivity contribution in [3.8, 4) is 5.69 Å². The van der Waals surface area contributed by atoms with Crippen LogP contribution in [0, 0.1) is 0 Å². The molecule has 6 nitrogen and oxygen atoms in total.